The van der Waals surface area contributed by atoms with Crippen molar-refractivity contribution in [2.24, 2.45) is 18.9 Å². The number of nitrogens with zero attached hydrogens (tertiary/aromatic N) is 5. The van der Waals surface area contributed by atoms with Gasteiger partial charge in [0.05, 0.1) is 18.2 Å². The van der Waals surface area contributed by atoms with Crippen molar-refractivity contribution in [2.75, 3.05) is 39.8 Å². The molecule has 3 heterocycles. The van der Waals surface area contributed by atoms with Gasteiger partial charge in [-0.3, -0.25) is 9.78 Å². The van der Waals surface area contributed by atoms with Gasteiger partial charge in [0.15, 0.2) is 0 Å². The summed E-state index contributed by atoms with van der Waals surface area (Å²) in [7, 11) is 4.21. The van der Waals surface area contributed by atoms with Crippen molar-refractivity contribution in [3.8, 4) is 11.3 Å². The first kappa shape index (κ1) is 22.2. The second-order valence-corrected chi connectivity index (χ2v) is 10.1. The van der Waals surface area contributed by atoms with Gasteiger partial charge in [0.25, 0.3) is 0 Å². The first-order chi connectivity index (χ1) is 16.0. The van der Waals surface area contributed by atoms with Crippen molar-refractivity contribution in [1.29, 1.82) is 0 Å². The molecule has 2 fully saturated rings. The Morgan fingerprint density at radius 1 is 0.970 bits per heavy atom. The lowest BCUT2D eigenvalue weighted by atomic mass is 9.79. The Morgan fingerprint density at radius 3 is 2.48 bits per heavy atom. The molecule has 2 aliphatic rings. The molecular weight excluding hydrogens is 410 g/mol. The van der Waals surface area contributed by atoms with Crippen LogP contribution in [0.2, 0.25) is 0 Å². The number of carbonyl (C=O) groups is 1. The molecule has 6 heteroatoms. The number of benzene rings is 1. The zero-order valence-electron chi connectivity index (χ0n) is 19.9. The predicted molar refractivity (Wildman–Crippen MR) is 132 cm³/mol. The number of rotatable bonds is 6. The monoisotopic (exact) mass is 445 g/mol. The van der Waals surface area contributed by atoms with Crippen molar-refractivity contribution in [2.45, 2.75) is 32.1 Å². The maximum absolute atomic E-state index is 13.1. The van der Waals surface area contributed by atoms with Crippen molar-refractivity contribution in [3.63, 3.8) is 0 Å². The molecule has 1 aromatic carbocycles. The lowest BCUT2D eigenvalue weighted by Gasteiger charge is -2.36. The summed E-state index contributed by atoms with van der Waals surface area (Å²) in [6, 6.07) is 8.46. The maximum Gasteiger partial charge on any atom is 0.141 e. The molecule has 0 N–H and O–H groups in total. The minimum Gasteiger partial charge on any atom is -0.334 e. The lowest BCUT2D eigenvalue weighted by Crippen LogP contribution is -2.46. The molecule has 0 unspecified atom stereocenters. The van der Waals surface area contributed by atoms with Crippen LogP contribution < -0.4 is 0 Å². The van der Waals surface area contributed by atoms with Crippen LogP contribution in [0.25, 0.3) is 22.0 Å². The number of aryl methyl sites for hydroxylation is 1. The van der Waals surface area contributed by atoms with E-state index in [4.69, 9.17) is 0 Å². The summed E-state index contributed by atoms with van der Waals surface area (Å²) in [4.78, 5) is 26.9. The number of pyridine rings is 1. The van der Waals surface area contributed by atoms with Gasteiger partial charge in [-0.1, -0.05) is 12.1 Å². The Morgan fingerprint density at radius 2 is 1.76 bits per heavy atom. The summed E-state index contributed by atoms with van der Waals surface area (Å²) in [5.41, 5.74) is 3.10. The zero-order chi connectivity index (χ0) is 22.8. The minimum absolute atomic E-state index is 0.201. The summed E-state index contributed by atoms with van der Waals surface area (Å²) < 4.78 is 2.02. The van der Waals surface area contributed by atoms with Crippen molar-refractivity contribution < 1.29 is 4.79 Å². The quantitative estimate of drug-likeness (QED) is 0.578. The van der Waals surface area contributed by atoms with E-state index in [-0.39, 0.29) is 5.92 Å². The molecule has 1 saturated heterocycles. The highest BCUT2D eigenvalue weighted by atomic mass is 16.1. The van der Waals surface area contributed by atoms with Gasteiger partial charge in [-0.25, -0.2) is 4.98 Å². The first-order valence-electron chi connectivity index (χ1n) is 12.3. The second-order valence-electron chi connectivity index (χ2n) is 10.1. The molecule has 0 amide bonds. The molecule has 1 saturated carbocycles. The molecule has 1 aliphatic heterocycles. The number of imidazole rings is 1. The number of piperazine rings is 1. The second kappa shape index (κ2) is 9.74. The molecule has 3 aromatic rings. The van der Waals surface area contributed by atoms with Crippen LogP contribution in [0.5, 0.6) is 0 Å². The van der Waals surface area contributed by atoms with E-state index in [1.807, 2.05) is 30.3 Å². The Labute approximate surface area is 196 Å². The third-order valence-electron chi connectivity index (χ3n) is 7.66. The normalized spacial score (nSPS) is 22.6. The van der Waals surface area contributed by atoms with Gasteiger partial charge in [0.2, 0.25) is 0 Å². The van der Waals surface area contributed by atoms with Crippen LogP contribution in [-0.4, -0.2) is 69.9 Å². The van der Waals surface area contributed by atoms with E-state index in [2.05, 4.69) is 51.1 Å². The van der Waals surface area contributed by atoms with Gasteiger partial charge >= 0.3 is 0 Å². The van der Waals surface area contributed by atoms with E-state index in [0.29, 0.717) is 12.2 Å². The van der Waals surface area contributed by atoms with Crippen LogP contribution >= 0.6 is 0 Å². The largest absolute Gasteiger partial charge is 0.334 e. The number of carbonyl (C=O) groups excluding carboxylic acids is 1. The van der Waals surface area contributed by atoms with Crippen LogP contribution in [0.3, 0.4) is 0 Å². The molecule has 1 aliphatic carbocycles. The molecule has 6 nitrogen and oxygen atoms in total. The molecule has 0 radical (unpaired) electrons. The SMILES string of the molecule is CN1CCN(CC2CCC(C(=O)Cc3cc4cc(-c5cncn5C)ccc4cn3)CC2)CC1. The van der Waals surface area contributed by atoms with Crippen molar-refractivity contribution >= 4 is 16.6 Å². The summed E-state index contributed by atoms with van der Waals surface area (Å²) in [6.45, 7) is 5.93. The molecule has 5 rings (SSSR count). The Hall–Kier alpha value is -2.57. The number of hydrogen-bond donors (Lipinski definition) is 0. The van der Waals surface area contributed by atoms with E-state index in [1.54, 1.807) is 0 Å². The van der Waals surface area contributed by atoms with E-state index in [9.17, 15) is 4.79 Å². The number of fused-ring (bicyclic) bond motifs is 1. The van der Waals surface area contributed by atoms with Crippen molar-refractivity contribution in [1.82, 2.24) is 24.3 Å². The summed E-state index contributed by atoms with van der Waals surface area (Å²) >= 11 is 0. The summed E-state index contributed by atoms with van der Waals surface area (Å²) in [5, 5.41) is 2.23. The molecule has 0 bridgehead atoms. The minimum atomic E-state index is 0.201. The first-order valence-corrected chi connectivity index (χ1v) is 12.3. The fourth-order valence-electron chi connectivity index (χ4n) is 5.46. The van der Waals surface area contributed by atoms with E-state index < -0.39 is 0 Å². The van der Waals surface area contributed by atoms with E-state index in [1.165, 1.54) is 45.6 Å². The van der Waals surface area contributed by atoms with E-state index >= 15 is 0 Å². The standard InChI is InChI=1S/C27H35N5O/c1-30-9-11-32(12-10-30)18-20-3-5-21(6-4-20)27(33)15-25-14-24-13-22(7-8-23(24)16-29-25)26-17-28-19-31(26)2/h7-8,13-14,16-17,19-21H,3-6,9-12,15,18H2,1-2H3. The number of ketones is 1. The Balaban J connectivity index is 1.18. The lowest BCUT2D eigenvalue weighted by molar-refractivity contribution is -0.123. The topological polar surface area (TPSA) is 54.3 Å². The highest BCUT2D eigenvalue weighted by molar-refractivity contribution is 5.88. The van der Waals surface area contributed by atoms with Gasteiger partial charge < -0.3 is 14.4 Å². The van der Waals surface area contributed by atoms with E-state index in [0.717, 1.165) is 46.5 Å². The zero-order valence-corrected chi connectivity index (χ0v) is 19.9. The molecule has 2 aromatic heterocycles. The van der Waals surface area contributed by atoms with Gasteiger partial charge in [0, 0.05) is 75.0 Å². The average Bonchev–Trinajstić information content (AvgIpc) is 3.26. The van der Waals surface area contributed by atoms with Gasteiger partial charge in [-0.15, -0.1) is 0 Å². The number of aromatic nitrogens is 3. The van der Waals surface area contributed by atoms with Crippen molar-refractivity contribution in [3.05, 3.63) is 48.7 Å². The number of Topliss-reactive ketones (excluding diaryl/α,β-unsaturated/α-hetero) is 1. The Kier molecular flexibility index (Phi) is 6.56. The molecular formula is C27H35N5O. The van der Waals surface area contributed by atoms with Crippen LogP contribution in [0.1, 0.15) is 31.4 Å². The highest BCUT2D eigenvalue weighted by Crippen LogP contribution is 2.31. The fourth-order valence-corrected chi connectivity index (χ4v) is 5.46. The Bertz CT molecular complexity index is 1110. The summed E-state index contributed by atoms with van der Waals surface area (Å²) in [5.74, 6) is 1.32. The molecule has 0 atom stereocenters. The summed E-state index contributed by atoms with van der Waals surface area (Å²) in [6.07, 6.45) is 10.5. The van der Waals surface area contributed by atoms with Crippen LogP contribution in [0.15, 0.2) is 43.0 Å². The number of hydrogen-bond acceptors (Lipinski definition) is 5. The van der Waals surface area contributed by atoms with Gasteiger partial charge in [0.1, 0.15) is 5.78 Å². The molecule has 0 spiro atoms. The van der Waals surface area contributed by atoms with Crippen LogP contribution in [0, 0.1) is 11.8 Å². The molecule has 174 valence electrons. The smallest absolute Gasteiger partial charge is 0.141 e. The predicted octanol–water partition coefficient (Wildman–Crippen LogP) is 3.80. The fraction of sp³-hybridized carbons (Fsp3) is 0.519. The highest BCUT2D eigenvalue weighted by Gasteiger charge is 2.28. The van der Waals surface area contributed by atoms with Gasteiger partial charge in [-0.05, 0) is 56.2 Å². The third kappa shape index (κ3) is 5.17. The van der Waals surface area contributed by atoms with Crippen LogP contribution in [-0.2, 0) is 18.3 Å². The third-order valence-corrected chi connectivity index (χ3v) is 7.66. The molecule has 33 heavy (non-hydrogen) atoms. The van der Waals surface area contributed by atoms with Gasteiger partial charge in [-0.2, -0.15) is 0 Å². The average molecular weight is 446 g/mol. The maximum atomic E-state index is 13.1. The number of likely N-dealkylation sites (N-methyl/N-ethyl adjacent to an activating group) is 1. The van der Waals surface area contributed by atoms with Crippen LogP contribution in [0.4, 0.5) is 0 Å².